The number of aromatic nitrogens is 1. The van der Waals surface area contributed by atoms with Crippen LogP contribution >= 0.6 is 0 Å². The highest BCUT2D eigenvalue weighted by molar-refractivity contribution is 5.97. The van der Waals surface area contributed by atoms with Gasteiger partial charge in [-0.15, -0.1) is 0 Å². The first-order chi connectivity index (χ1) is 8.57. The van der Waals surface area contributed by atoms with E-state index in [1.165, 1.54) is 6.42 Å². The van der Waals surface area contributed by atoms with Crippen molar-refractivity contribution in [1.82, 2.24) is 4.98 Å². The van der Waals surface area contributed by atoms with Crippen LogP contribution in [-0.2, 0) is 0 Å². The van der Waals surface area contributed by atoms with E-state index >= 15 is 0 Å². The molecule has 0 spiro atoms. The normalized spacial score (nSPS) is 18.4. The lowest BCUT2D eigenvalue weighted by atomic mass is 9.93. The van der Waals surface area contributed by atoms with E-state index in [2.05, 4.69) is 35.9 Å². The molecule has 1 fully saturated rings. The molecule has 1 aliphatic heterocycles. The first-order valence-electron chi connectivity index (χ1n) is 6.45. The lowest BCUT2D eigenvalue weighted by Crippen LogP contribution is -2.23. The maximum Gasteiger partial charge on any atom is 0.0724 e. The number of anilines is 2. The first kappa shape index (κ1) is 11.3. The summed E-state index contributed by atoms with van der Waals surface area (Å²) in [7, 11) is 0. The Bertz CT molecular complexity index is 589. The minimum absolute atomic E-state index is 0.385. The van der Waals surface area contributed by atoms with Gasteiger partial charge in [0.05, 0.1) is 16.9 Å². The van der Waals surface area contributed by atoms with Crippen molar-refractivity contribution in [3.05, 3.63) is 30.5 Å². The summed E-state index contributed by atoms with van der Waals surface area (Å²) < 4.78 is 0. The van der Waals surface area contributed by atoms with Crippen molar-refractivity contribution in [1.29, 1.82) is 0 Å². The monoisotopic (exact) mass is 241 g/mol. The fourth-order valence-electron chi connectivity index (χ4n) is 2.76. The number of nitrogens with zero attached hydrogens (tertiary/aromatic N) is 2. The van der Waals surface area contributed by atoms with Gasteiger partial charge >= 0.3 is 0 Å². The Kier molecular flexibility index (Phi) is 2.44. The number of benzene rings is 1. The van der Waals surface area contributed by atoms with Gasteiger partial charge < -0.3 is 10.6 Å². The number of nitrogen functional groups attached to an aromatic ring is 1. The third kappa shape index (κ3) is 1.80. The van der Waals surface area contributed by atoms with E-state index in [1.807, 2.05) is 12.1 Å². The fraction of sp³-hybridized carbons (Fsp3) is 0.400. The average Bonchev–Trinajstić information content (AvgIpc) is 2.70. The summed E-state index contributed by atoms with van der Waals surface area (Å²) in [6.07, 6.45) is 3.03. The van der Waals surface area contributed by atoms with Gasteiger partial charge in [0.15, 0.2) is 0 Å². The van der Waals surface area contributed by atoms with Crippen LogP contribution in [0.4, 0.5) is 11.4 Å². The molecule has 3 nitrogen and oxygen atoms in total. The van der Waals surface area contributed by atoms with Crippen LogP contribution in [0.15, 0.2) is 30.5 Å². The predicted octanol–water partition coefficient (Wildman–Crippen LogP) is 3.05. The Labute approximate surface area is 108 Å². The van der Waals surface area contributed by atoms with Gasteiger partial charge in [-0.05, 0) is 36.1 Å². The number of hydrogen-bond acceptors (Lipinski definition) is 3. The molecule has 3 rings (SSSR count). The minimum atomic E-state index is 0.385. The number of rotatable bonds is 1. The highest BCUT2D eigenvalue weighted by atomic mass is 15.2. The largest absolute Gasteiger partial charge is 0.396 e. The molecule has 2 aromatic rings. The molecule has 18 heavy (non-hydrogen) atoms. The zero-order valence-corrected chi connectivity index (χ0v) is 11.0. The van der Waals surface area contributed by atoms with Crippen molar-refractivity contribution >= 4 is 22.3 Å². The standard InChI is InChI=1S/C15H19N3/c1-15(2)7-9-18(10-15)13-6-5-12-11(14(13)16)4-3-8-17-12/h3-6,8H,7,9-10,16H2,1-2H3. The predicted molar refractivity (Wildman–Crippen MR) is 76.8 cm³/mol. The highest BCUT2D eigenvalue weighted by Crippen LogP contribution is 2.37. The highest BCUT2D eigenvalue weighted by Gasteiger charge is 2.30. The third-order valence-electron chi connectivity index (χ3n) is 3.82. The van der Waals surface area contributed by atoms with Gasteiger partial charge in [-0.2, -0.15) is 0 Å². The molecule has 1 aromatic heterocycles. The average molecular weight is 241 g/mol. The van der Waals surface area contributed by atoms with Crippen LogP contribution in [0.25, 0.3) is 10.9 Å². The first-order valence-corrected chi connectivity index (χ1v) is 6.45. The molecular formula is C15H19N3. The van der Waals surface area contributed by atoms with Crippen molar-refractivity contribution in [2.24, 2.45) is 5.41 Å². The van der Waals surface area contributed by atoms with Gasteiger partial charge in [0.25, 0.3) is 0 Å². The number of fused-ring (bicyclic) bond motifs is 1. The summed E-state index contributed by atoms with van der Waals surface area (Å²) in [6.45, 7) is 6.78. The Hall–Kier alpha value is -1.77. The molecule has 2 heterocycles. The van der Waals surface area contributed by atoms with Crippen LogP contribution in [0.1, 0.15) is 20.3 Å². The van der Waals surface area contributed by atoms with Crippen LogP contribution in [0, 0.1) is 5.41 Å². The van der Waals surface area contributed by atoms with Gasteiger partial charge in [0, 0.05) is 24.7 Å². The van der Waals surface area contributed by atoms with E-state index in [4.69, 9.17) is 5.73 Å². The van der Waals surface area contributed by atoms with E-state index in [1.54, 1.807) is 6.20 Å². The maximum atomic E-state index is 6.31. The van der Waals surface area contributed by atoms with E-state index in [9.17, 15) is 0 Å². The molecule has 0 amide bonds. The molecule has 1 aliphatic rings. The van der Waals surface area contributed by atoms with Crippen LogP contribution < -0.4 is 10.6 Å². The van der Waals surface area contributed by atoms with Crippen molar-refractivity contribution < 1.29 is 0 Å². The van der Waals surface area contributed by atoms with Gasteiger partial charge in [-0.3, -0.25) is 4.98 Å². The SMILES string of the molecule is CC1(C)CCN(c2ccc3ncccc3c2N)C1. The summed E-state index contributed by atoms with van der Waals surface area (Å²) in [5, 5.41) is 1.06. The van der Waals surface area contributed by atoms with Gasteiger partial charge in [-0.1, -0.05) is 13.8 Å². The quantitative estimate of drug-likeness (QED) is 0.780. The second-order valence-electron chi connectivity index (χ2n) is 5.90. The van der Waals surface area contributed by atoms with Crippen LogP contribution in [0.3, 0.4) is 0 Å². The number of hydrogen-bond donors (Lipinski definition) is 1. The Morgan fingerprint density at radius 3 is 2.83 bits per heavy atom. The van der Waals surface area contributed by atoms with Crippen LogP contribution in [0.5, 0.6) is 0 Å². The Morgan fingerprint density at radius 2 is 2.11 bits per heavy atom. The number of pyridine rings is 1. The lowest BCUT2D eigenvalue weighted by Gasteiger charge is -2.23. The summed E-state index contributed by atoms with van der Waals surface area (Å²) in [4.78, 5) is 6.73. The molecule has 0 bridgehead atoms. The Balaban J connectivity index is 2.06. The van der Waals surface area contributed by atoms with Crippen molar-refractivity contribution in [3.63, 3.8) is 0 Å². The van der Waals surface area contributed by atoms with Gasteiger partial charge in [0.2, 0.25) is 0 Å². The molecule has 94 valence electrons. The van der Waals surface area contributed by atoms with E-state index in [-0.39, 0.29) is 0 Å². The summed E-state index contributed by atoms with van der Waals surface area (Å²) in [5.41, 5.74) is 9.67. The summed E-state index contributed by atoms with van der Waals surface area (Å²) in [5.74, 6) is 0. The van der Waals surface area contributed by atoms with Gasteiger partial charge in [-0.25, -0.2) is 0 Å². The summed E-state index contributed by atoms with van der Waals surface area (Å²) in [6, 6.07) is 8.15. The number of nitrogens with two attached hydrogens (primary N) is 1. The van der Waals surface area contributed by atoms with E-state index in [0.717, 1.165) is 35.4 Å². The molecule has 0 aliphatic carbocycles. The topological polar surface area (TPSA) is 42.2 Å². The molecule has 3 heteroatoms. The smallest absolute Gasteiger partial charge is 0.0724 e. The maximum absolute atomic E-state index is 6.31. The lowest BCUT2D eigenvalue weighted by molar-refractivity contribution is 0.418. The zero-order chi connectivity index (χ0) is 12.8. The third-order valence-corrected chi connectivity index (χ3v) is 3.82. The van der Waals surface area contributed by atoms with Crippen LogP contribution in [0.2, 0.25) is 0 Å². The summed E-state index contributed by atoms with van der Waals surface area (Å²) >= 11 is 0. The molecule has 0 unspecified atom stereocenters. The fourth-order valence-corrected chi connectivity index (χ4v) is 2.76. The second-order valence-corrected chi connectivity index (χ2v) is 5.90. The van der Waals surface area contributed by atoms with Crippen molar-refractivity contribution in [2.45, 2.75) is 20.3 Å². The van der Waals surface area contributed by atoms with Gasteiger partial charge in [0.1, 0.15) is 0 Å². The molecule has 1 aromatic carbocycles. The van der Waals surface area contributed by atoms with Crippen molar-refractivity contribution in [3.8, 4) is 0 Å². The van der Waals surface area contributed by atoms with Crippen LogP contribution in [-0.4, -0.2) is 18.1 Å². The van der Waals surface area contributed by atoms with E-state index in [0.29, 0.717) is 5.41 Å². The molecule has 1 saturated heterocycles. The van der Waals surface area contributed by atoms with E-state index < -0.39 is 0 Å². The molecule has 0 radical (unpaired) electrons. The molecule has 2 N–H and O–H groups in total. The molecule has 0 saturated carbocycles. The molecular weight excluding hydrogens is 222 g/mol. The minimum Gasteiger partial charge on any atom is -0.396 e. The van der Waals surface area contributed by atoms with Crippen molar-refractivity contribution in [2.75, 3.05) is 23.7 Å². The molecule has 0 atom stereocenters. The Morgan fingerprint density at radius 1 is 1.28 bits per heavy atom. The second kappa shape index (κ2) is 3.87. The zero-order valence-electron chi connectivity index (χ0n) is 11.0.